The Labute approximate surface area is 170 Å². The highest BCUT2D eigenvalue weighted by Crippen LogP contribution is 2.23. The van der Waals surface area contributed by atoms with Gasteiger partial charge < -0.3 is 5.32 Å². The lowest BCUT2D eigenvalue weighted by molar-refractivity contribution is 0.0951. The summed E-state index contributed by atoms with van der Waals surface area (Å²) in [6, 6.07) is 19.5. The molecule has 2 aromatic carbocycles. The molecule has 0 radical (unpaired) electrons. The quantitative estimate of drug-likeness (QED) is 0.554. The molecule has 2 aromatic heterocycles. The molecule has 0 aliphatic heterocycles. The normalized spacial score (nSPS) is 10.7. The summed E-state index contributed by atoms with van der Waals surface area (Å²) in [6.45, 7) is 4.43. The van der Waals surface area contributed by atoms with Gasteiger partial charge in [0.05, 0.1) is 11.4 Å². The number of rotatable bonds is 5. The third-order valence-electron chi connectivity index (χ3n) is 4.97. The van der Waals surface area contributed by atoms with Crippen molar-refractivity contribution >= 4 is 5.91 Å². The molecule has 5 nitrogen and oxygen atoms in total. The van der Waals surface area contributed by atoms with Crippen LogP contribution in [0.5, 0.6) is 0 Å². The van der Waals surface area contributed by atoms with Gasteiger partial charge in [-0.15, -0.1) is 0 Å². The molecule has 0 spiro atoms. The Morgan fingerprint density at radius 1 is 0.966 bits per heavy atom. The molecule has 0 aliphatic carbocycles. The number of para-hydroxylation sites is 1. The fourth-order valence-corrected chi connectivity index (χ4v) is 3.17. The summed E-state index contributed by atoms with van der Waals surface area (Å²) in [5.74, 6) is -0.0961. The predicted octanol–water partition coefficient (Wildman–Crippen LogP) is 4.48. The summed E-state index contributed by atoms with van der Waals surface area (Å²) >= 11 is 0. The van der Waals surface area contributed by atoms with E-state index in [9.17, 15) is 4.79 Å². The van der Waals surface area contributed by atoms with Gasteiger partial charge in [-0.05, 0) is 61.4 Å². The van der Waals surface area contributed by atoms with Crippen molar-refractivity contribution in [1.29, 1.82) is 0 Å². The summed E-state index contributed by atoms with van der Waals surface area (Å²) < 4.78 is 1.84. The lowest BCUT2D eigenvalue weighted by Crippen LogP contribution is -2.23. The fraction of sp³-hybridized carbons (Fsp3) is 0.125. The molecule has 2 heterocycles. The van der Waals surface area contributed by atoms with Crippen molar-refractivity contribution in [3.63, 3.8) is 0 Å². The molecule has 4 rings (SSSR count). The van der Waals surface area contributed by atoms with Crippen LogP contribution in [0.25, 0.3) is 16.9 Å². The first-order valence-electron chi connectivity index (χ1n) is 9.51. The van der Waals surface area contributed by atoms with Gasteiger partial charge in [0.1, 0.15) is 0 Å². The van der Waals surface area contributed by atoms with Gasteiger partial charge in [0.2, 0.25) is 0 Å². The van der Waals surface area contributed by atoms with E-state index in [1.807, 2.05) is 85.4 Å². The van der Waals surface area contributed by atoms with E-state index in [0.717, 1.165) is 28.1 Å². The summed E-state index contributed by atoms with van der Waals surface area (Å²) in [5, 5.41) is 7.79. The lowest BCUT2D eigenvalue weighted by atomic mass is 10.1. The van der Waals surface area contributed by atoms with Gasteiger partial charge in [-0.25, -0.2) is 4.68 Å². The SMILES string of the molecule is Cc1ccc(C(=O)NCc2cn(-c3ccccc3)nc2-c2ccncc2)cc1C. The first-order chi connectivity index (χ1) is 14.1. The second kappa shape index (κ2) is 8.10. The van der Waals surface area contributed by atoms with Crippen LogP contribution in [0.2, 0.25) is 0 Å². The molecule has 29 heavy (non-hydrogen) atoms. The van der Waals surface area contributed by atoms with Crippen molar-refractivity contribution in [2.45, 2.75) is 20.4 Å². The molecule has 0 saturated carbocycles. The number of hydrogen-bond acceptors (Lipinski definition) is 3. The summed E-state index contributed by atoms with van der Waals surface area (Å²) in [7, 11) is 0. The highest BCUT2D eigenvalue weighted by molar-refractivity contribution is 5.94. The second-order valence-corrected chi connectivity index (χ2v) is 7.00. The van der Waals surface area contributed by atoms with Crippen LogP contribution < -0.4 is 5.32 Å². The van der Waals surface area contributed by atoms with Gasteiger partial charge >= 0.3 is 0 Å². The topological polar surface area (TPSA) is 59.8 Å². The zero-order valence-electron chi connectivity index (χ0n) is 16.5. The van der Waals surface area contributed by atoms with Crippen molar-refractivity contribution < 1.29 is 4.79 Å². The standard InChI is InChI=1S/C24H22N4O/c1-17-8-9-20(14-18(17)2)24(29)26-15-21-16-28(22-6-4-3-5-7-22)27-23(21)19-10-12-25-13-11-19/h3-14,16H,15H2,1-2H3,(H,26,29). The molecule has 1 N–H and O–H groups in total. The van der Waals surface area contributed by atoms with E-state index in [1.165, 1.54) is 5.56 Å². The number of nitrogens with one attached hydrogen (secondary N) is 1. The molecule has 144 valence electrons. The van der Waals surface area contributed by atoms with Crippen LogP contribution in [-0.2, 0) is 6.54 Å². The maximum absolute atomic E-state index is 12.7. The van der Waals surface area contributed by atoms with Crippen molar-refractivity contribution in [2.24, 2.45) is 0 Å². The summed E-state index contributed by atoms with van der Waals surface area (Å²) in [5.41, 5.74) is 6.64. The third-order valence-corrected chi connectivity index (χ3v) is 4.97. The van der Waals surface area contributed by atoms with Crippen LogP contribution in [0.15, 0.2) is 79.3 Å². The summed E-state index contributed by atoms with van der Waals surface area (Å²) in [6.07, 6.45) is 5.45. The number of benzene rings is 2. The monoisotopic (exact) mass is 382 g/mol. The van der Waals surface area contributed by atoms with Crippen molar-refractivity contribution in [1.82, 2.24) is 20.1 Å². The van der Waals surface area contributed by atoms with Crippen LogP contribution in [0.4, 0.5) is 0 Å². The molecule has 4 aromatic rings. The van der Waals surface area contributed by atoms with Crippen LogP contribution in [0, 0.1) is 13.8 Å². The first-order valence-corrected chi connectivity index (χ1v) is 9.51. The minimum absolute atomic E-state index is 0.0961. The number of carbonyl (C=O) groups is 1. The largest absolute Gasteiger partial charge is 0.348 e. The minimum atomic E-state index is -0.0961. The highest BCUT2D eigenvalue weighted by atomic mass is 16.1. The van der Waals surface area contributed by atoms with Gasteiger partial charge in [-0.2, -0.15) is 5.10 Å². The van der Waals surface area contributed by atoms with Gasteiger partial charge in [0.25, 0.3) is 5.91 Å². The number of hydrogen-bond donors (Lipinski definition) is 1. The molecule has 0 atom stereocenters. The Morgan fingerprint density at radius 3 is 2.45 bits per heavy atom. The van der Waals surface area contributed by atoms with Crippen LogP contribution in [0.3, 0.4) is 0 Å². The minimum Gasteiger partial charge on any atom is -0.348 e. The number of nitrogens with zero attached hydrogens (tertiary/aromatic N) is 3. The Bertz CT molecular complexity index is 1130. The highest BCUT2D eigenvalue weighted by Gasteiger charge is 2.14. The lowest BCUT2D eigenvalue weighted by Gasteiger charge is -2.07. The Balaban J connectivity index is 1.62. The van der Waals surface area contributed by atoms with Gasteiger partial charge in [0, 0.05) is 41.8 Å². The molecule has 0 fully saturated rings. The number of pyridine rings is 1. The maximum Gasteiger partial charge on any atom is 0.251 e. The van der Waals surface area contributed by atoms with Crippen molar-refractivity contribution in [2.75, 3.05) is 0 Å². The Kier molecular flexibility index (Phi) is 5.20. The van der Waals surface area contributed by atoms with E-state index in [0.29, 0.717) is 12.1 Å². The predicted molar refractivity (Wildman–Crippen MR) is 114 cm³/mol. The molecular weight excluding hydrogens is 360 g/mol. The molecule has 0 unspecified atom stereocenters. The summed E-state index contributed by atoms with van der Waals surface area (Å²) in [4.78, 5) is 16.7. The van der Waals surface area contributed by atoms with E-state index in [2.05, 4.69) is 10.3 Å². The zero-order valence-corrected chi connectivity index (χ0v) is 16.5. The first kappa shape index (κ1) is 18.6. The molecular formula is C24H22N4O. The molecule has 0 saturated heterocycles. The van der Waals surface area contributed by atoms with E-state index < -0.39 is 0 Å². The Morgan fingerprint density at radius 2 is 1.72 bits per heavy atom. The number of amides is 1. The third kappa shape index (κ3) is 4.09. The number of aryl methyl sites for hydroxylation is 2. The number of carbonyl (C=O) groups excluding carboxylic acids is 1. The van der Waals surface area contributed by atoms with E-state index >= 15 is 0 Å². The smallest absolute Gasteiger partial charge is 0.251 e. The average Bonchev–Trinajstić information content (AvgIpc) is 3.19. The molecule has 1 amide bonds. The van der Waals surface area contributed by atoms with Crippen LogP contribution in [-0.4, -0.2) is 20.7 Å². The molecule has 0 aliphatic rings. The van der Waals surface area contributed by atoms with E-state index in [1.54, 1.807) is 12.4 Å². The van der Waals surface area contributed by atoms with Gasteiger partial charge in [-0.1, -0.05) is 24.3 Å². The van der Waals surface area contributed by atoms with Crippen molar-refractivity contribution in [3.05, 3.63) is 102 Å². The van der Waals surface area contributed by atoms with E-state index in [-0.39, 0.29) is 5.91 Å². The Hall–Kier alpha value is -3.73. The maximum atomic E-state index is 12.7. The average molecular weight is 382 g/mol. The fourth-order valence-electron chi connectivity index (χ4n) is 3.17. The molecule has 0 bridgehead atoms. The number of aromatic nitrogens is 3. The van der Waals surface area contributed by atoms with Crippen LogP contribution in [0.1, 0.15) is 27.0 Å². The van der Waals surface area contributed by atoms with E-state index in [4.69, 9.17) is 5.10 Å². The van der Waals surface area contributed by atoms with Gasteiger partial charge in [-0.3, -0.25) is 9.78 Å². The van der Waals surface area contributed by atoms with Crippen molar-refractivity contribution in [3.8, 4) is 16.9 Å². The zero-order chi connectivity index (χ0) is 20.2. The molecule has 5 heteroatoms. The van der Waals surface area contributed by atoms with Gasteiger partial charge in [0.15, 0.2) is 0 Å². The second-order valence-electron chi connectivity index (χ2n) is 7.00. The van der Waals surface area contributed by atoms with Crippen LogP contribution >= 0.6 is 0 Å².